The van der Waals surface area contributed by atoms with Crippen LogP contribution in [0.5, 0.6) is 0 Å². The van der Waals surface area contributed by atoms with Gasteiger partial charge in [-0.1, -0.05) is 36.0 Å². The lowest BCUT2D eigenvalue weighted by Gasteiger charge is -2.11. The van der Waals surface area contributed by atoms with Gasteiger partial charge < -0.3 is 15.4 Å². The van der Waals surface area contributed by atoms with Crippen LogP contribution < -0.4 is 10.6 Å². The molecule has 0 spiro atoms. The Morgan fingerprint density at radius 2 is 1.87 bits per heavy atom. The van der Waals surface area contributed by atoms with Gasteiger partial charge in [0.1, 0.15) is 0 Å². The Balaban J connectivity index is 1.67. The maximum Gasteiger partial charge on any atom is 0.357 e. The number of para-hydroxylation sites is 1. The van der Waals surface area contributed by atoms with Crippen molar-refractivity contribution in [2.24, 2.45) is 0 Å². The zero-order chi connectivity index (χ0) is 21.5. The van der Waals surface area contributed by atoms with Crippen molar-refractivity contribution in [2.45, 2.75) is 5.16 Å². The number of esters is 1. The van der Waals surface area contributed by atoms with Gasteiger partial charge in [-0.2, -0.15) is 0 Å². The Labute approximate surface area is 177 Å². The predicted molar refractivity (Wildman–Crippen MR) is 114 cm³/mol. The SMILES string of the molecule is CNC(=O)c1cccc(NC(=O)COC(=O)c2cnc(SC)n2-c2ccccc2)c1. The molecule has 0 bridgehead atoms. The van der Waals surface area contributed by atoms with E-state index in [9.17, 15) is 14.4 Å². The second-order valence-corrected chi connectivity index (χ2v) is 6.86. The number of carbonyl (C=O) groups excluding carboxylic acids is 3. The van der Waals surface area contributed by atoms with Crippen LogP contribution in [0.4, 0.5) is 5.69 Å². The molecule has 0 atom stereocenters. The van der Waals surface area contributed by atoms with Crippen LogP contribution in [0.15, 0.2) is 66.0 Å². The summed E-state index contributed by atoms with van der Waals surface area (Å²) < 4.78 is 6.86. The van der Waals surface area contributed by atoms with Crippen LogP contribution in [0.1, 0.15) is 20.8 Å². The summed E-state index contributed by atoms with van der Waals surface area (Å²) in [6.45, 7) is -0.475. The summed E-state index contributed by atoms with van der Waals surface area (Å²) in [6.07, 6.45) is 3.28. The highest BCUT2D eigenvalue weighted by molar-refractivity contribution is 7.98. The van der Waals surface area contributed by atoms with Crippen molar-refractivity contribution in [1.29, 1.82) is 0 Å². The number of carbonyl (C=O) groups is 3. The van der Waals surface area contributed by atoms with E-state index in [4.69, 9.17) is 4.74 Å². The number of nitrogens with one attached hydrogen (secondary N) is 2. The number of benzene rings is 2. The van der Waals surface area contributed by atoms with Crippen LogP contribution in [-0.4, -0.2) is 47.2 Å². The van der Waals surface area contributed by atoms with E-state index in [-0.39, 0.29) is 11.6 Å². The molecule has 0 aliphatic heterocycles. The van der Waals surface area contributed by atoms with Crippen LogP contribution in [0, 0.1) is 0 Å². The molecular formula is C21H20N4O4S. The zero-order valence-electron chi connectivity index (χ0n) is 16.4. The van der Waals surface area contributed by atoms with Crippen molar-refractivity contribution >= 4 is 35.2 Å². The highest BCUT2D eigenvalue weighted by Crippen LogP contribution is 2.22. The third-order valence-electron chi connectivity index (χ3n) is 4.11. The Kier molecular flexibility index (Phi) is 6.87. The van der Waals surface area contributed by atoms with E-state index >= 15 is 0 Å². The fourth-order valence-electron chi connectivity index (χ4n) is 2.73. The summed E-state index contributed by atoms with van der Waals surface area (Å²) >= 11 is 1.39. The quantitative estimate of drug-likeness (QED) is 0.447. The van der Waals surface area contributed by atoms with Crippen LogP contribution in [0.25, 0.3) is 5.69 Å². The van der Waals surface area contributed by atoms with E-state index in [1.165, 1.54) is 31.1 Å². The van der Waals surface area contributed by atoms with Crippen molar-refractivity contribution in [3.8, 4) is 5.69 Å². The molecule has 3 aromatic rings. The van der Waals surface area contributed by atoms with Crippen molar-refractivity contribution in [2.75, 3.05) is 25.2 Å². The highest BCUT2D eigenvalue weighted by atomic mass is 32.2. The second-order valence-electron chi connectivity index (χ2n) is 6.09. The summed E-state index contributed by atoms with van der Waals surface area (Å²) in [6, 6.07) is 15.7. The fourth-order valence-corrected chi connectivity index (χ4v) is 3.28. The molecule has 30 heavy (non-hydrogen) atoms. The number of anilines is 1. The monoisotopic (exact) mass is 424 g/mol. The van der Waals surface area contributed by atoms with Gasteiger partial charge in [-0.3, -0.25) is 14.2 Å². The Morgan fingerprint density at radius 1 is 1.10 bits per heavy atom. The number of ether oxygens (including phenoxy) is 1. The molecule has 0 fully saturated rings. The summed E-state index contributed by atoms with van der Waals surface area (Å²) in [5, 5.41) is 5.75. The van der Waals surface area contributed by atoms with Crippen LogP contribution >= 0.6 is 11.8 Å². The maximum atomic E-state index is 12.6. The standard InChI is InChI=1S/C21H20N4O4S/c1-22-19(27)14-7-6-8-15(11-14)24-18(26)13-29-20(28)17-12-23-21(30-2)25(17)16-9-4-3-5-10-16/h3-12H,13H2,1-2H3,(H,22,27)(H,24,26). The zero-order valence-corrected chi connectivity index (χ0v) is 17.2. The summed E-state index contributed by atoms with van der Waals surface area (Å²) in [5.41, 5.74) is 1.82. The van der Waals surface area contributed by atoms with Gasteiger partial charge in [-0.05, 0) is 36.6 Å². The van der Waals surface area contributed by atoms with E-state index in [2.05, 4.69) is 15.6 Å². The predicted octanol–water partition coefficient (Wildman–Crippen LogP) is 2.75. The number of rotatable bonds is 7. The number of imidazole rings is 1. The van der Waals surface area contributed by atoms with E-state index in [1.807, 2.05) is 36.6 Å². The van der Waals surface area contributed by atoms with E-state index in [0.717, 1.165) is 5.69 Å². The number of thioether (sulfide) groups is 1. The lowest BCUT2D eigenvalue weighted by molar-refractivity contribution is -0.119. The first-order valence-electron chi connectivity index (χ1n) is 8.99. The molecule has 3 rings (SSSR count). The fraction of sp³-hybridized carbons (Fsp3) is 0.143. The minimum atomic E-state index is -0.666. The minimum absolute atomic E-state index is 0.222. The molecule has 0 saturated carbocycles. The normalized spacial score (nSPS) is 10.3. The van der Waals surface area contributed by atoms with Gasteiger partial charge in [0.2, 0.25) is 0 Å². The summed E-state index contributed by atoms with van der Waals surface area (Å²) in [4.78, 5) is 40.7. The van der Waals surface area contributed by atoms with Gasteiger partial charge in [-0.25, -0.2) is 9.78 Å². The molecule has 8 nitrogen and oxygen atoms in total. The molecule has 0 aliphatic rings. The van der Waals surface area contributed by atoms with Crippen LogP contribution in [-0.2, 0) is 9.53 Å². The molecule has 9 heteroatoms. The summed E-state index contributed by atoms with van der Waals surface area (Å²) in [5.74, 6) is -1.45. The minimum Gasteiger partial charge on any atom is -0.451 e. The third kappa shape index (κ3) is 4.87. The molecule has 2 amide bonds. The van der Waals surface area contributed by atoms with Gasteiger partial charge in [0.15, 0.2) is 17.5 Å². The number of amides is 2. The molecule has 0 radical (unpaired) electrons. The number of hydrogen-bond acceptors (Lipinski definition) is 6. The molecule has 1 heterocycles. The van der Waals surface area contributed by atoms with Crippen molar-refractivity contribution < 1.29 is 19.1 Å². The lowest BCUT2D eigenvalue weighted by Crippen LogP contribution is -2.22. The van der Waals surface area contributed by atoms with Crippen molar-refractivity contribution in [3.05, 3.63) is 72.1 Å². The first-order chi connectivity index (χ1) is 14.5. The van der Waals surface area contributed by atoms with Crippen molar-refractivity contribution in [3.63, 3.8) is 0 Å². The van der Waals surface area contributed by atoms with E-state index in [1.54, 1.807) is 22.8 Å². The number of hydrogen-bond donors (Lipinski definition) is 2. The first kappa shape index (κ1) is 21.1. The van der Waals surface area contributed by atoms with Crippen molar-refractivity contribution in [1.82, 2.24) is 14.9 Å². The molecule has 1 aromatic heterocycles. The maximum absolute atomic E-state index is 12.6. The highest BCUT2D eigenvalue weighted by Gasteiger charge is 2.20. The number of nitrogens with zero attached hydrogens (tertiary/aromatic N) is 2. The lowest BCUT2D eigenvalue weighted by atomic mass is 10.2. The average molecular weight is 424 g/mol. The van der Waals surface area contributed by atoms with Crippen LogP contribution in [0.2, 0.25) is 0 Å². The van der Waals surface area contributed by atoms with Gasteiger partial charge in [-0.15, -0.1) is 0 Å². The molecule has 154 valence electrons. The molecular weight excluding hydrogens is 404 g/mol. The number of aromatic nitrogens is 2. The smallest absolute Gasteiger partial charge is 0.357 e. The van der Waals surface area contributed by atoms with Gasteiger partial charge in [0, 0.05) is 24.0 Å². The molecule has 0 aliphatic carbocycles. The van der Waals surface area contributed by atoms with E-state index < -0.39 is 18.5 Å². The second kappa shape index (κ2) is 9.75. The van der Waals surface area contributed by atoms with E-state index in [0.29, 0.717) is 16.4 Å². The molecule has 2 N–H and O–H groups in total. The van der Waals surface area contributed by atoms with Gasteiger partial charge in [0.25, 0.3) is 11.8 Å². The molecule has 0 saturated heterocycles. The third-order valence-corrected chi connectivity index (χ3v) is 4.76. The molecule has 0 unspecified atom stereocenters. The summed E-state index contributed by atoms with van der Waals surface area (Å²) in [7, 11) is 1.52. The topological polar surface area (TPSA) is 102 Å². The largest absolute Gasteiger partial charge is 0.451 e. The van der Waals surface area contributed by atoms with Crippen LogP contribution in [0.3, 0.4) is 0 Å². The van der Waals surface area contributed by atoms with Gasteiger partial charge in [0.05, 0.1) is 6.20 Å². The Bertz CT molecular complexity index is 1070. The Hall–Kier alpha value is -3.59. The van der Waals surface area contributed by atoms with Gasteiger partial charge >= 0.3 is 5.97 Å². The average Bonchev–Trinajstić information content (AvgIpc) is 3.22. The molecule has 2 aromatic carbocycles. The first-order valence-corrected chi connectivity index (χ1v) is 10.2. The Morgan fingerprint density at radius 3 is 2.57 bits per heavy atom.